The van der Waals surface area contributed by atoms with Gasteiger partial charge in [0.2, 0.25) is 0 Å². The molecule has 1 aromatic rings. The highest BCUT2D eigenvalue weighted by Gasteiger charge is 2.42. The van der Waals surface area contributed by atoms with E-state index in [9.17, 15) is 28.1 Å². The van der Waals surface area contributed by atoms with Gasteiger partial charge in [0.25, 0.3) is 5.69 Å². The SMILES string of the molecule is CC(C)(C)OC(=O)[C@](C)(N)c1ccc([N+](=O)[O-])c(C(F)(F)F)c1. The minimum absolute atomic E-state index is 0.232. The highest BCUT2D eigenvalue weighted by molar-refractivity contribution is 5.82. The van der Waals surface area contributed by atoms with E-state index in [0.29, 0.717) is 12.1 Å². The van der Waals surface area contributed by atoms with Crippen molar-refractivity contribution in [3.63, 3.8) is 0 Å². The van der Waals surface area contributed by atoms with Gasteiger partial charge in [-0.1, -0.05) is 0 Å². The van der Waals surface area contributed by atoms with Gasteiger partial charge in [-0.3, -0.25) is 10.1 Å². The summed E-state index contributed by atoms with van der Waals surface area (Å²) in [6.07, 6.45) is -4.96. The van der Waals surface area contributed by atoms with E-state index in [1.807, 2.05) is 0 Å². The molecule has 1 rings (SSSR count). The van der Waals surface area contributed by atoms with Crippen molar-refractivity contribution in [1.82, 2.24) is 0 Å². The Morgan fingerprint density at radius 1 is 1.22 bits per heavy atom. The fourth-order valence-corrected chi connectivity index (χ4v) is 1.75. The number of nitro groups is 1. The molecule has 0 aromatic heterocycles. The molecule has 1 atom stereocenters. The van der Waals surface area contributed by atoms with Gasteiger partial charge in [0.05, 0.1) is 4.92 Å². The lowest BCUT2D eigenvalue weighted by Gasteiger charge is -2.29. The van der Waals surface area contributed by atoms with Gasteiger partial charge in [0.15, 0.2) is 0 Å². The summed E-state index contributed by atoms with van der Waals surface area (Å²) < 4.78 is 44.0. The van der Waals surface area contributed by atoms with Crippen molar-refractivity contribution < 1.29 is 27.6 Å². The van der Waals surface area contributed by atoms with Crippen LogP contribution in [0.25, 0.3) is 0 Å². The molecule has 0 heterocycles. The largest absolute Gasteiger partial charge is 0.458 e. The lowest BCUT2D eigenvalue weighted by molar-refractivity contribution is -0.388. The Morgan fingerprint density at radius 2 is 1.74 bits per heavy atom. The molecule has 0 unspecified atom stereocenters. The molecule has 6 nitrogen and oxygen atoms in total. The number of hydrogen-bond donors (Lipinski definition) is 1. The van der Waals surface area contributed by atoms with Gasteiger partial charge in [-0.15, -0.1) is 0 Å². The van der Waals surface area contributed by atoms with Crippen LogP contribution in [0.5, 0.6) is 0 Å². The molecule has 0 aliphatic heterocycles. The zero-order chi connectivity index (χ0) is 18.2. The van der Waals surface area contributed by atoms with Crippen molar-refractivity contribution in [3.8, 4) is 0 Å². The van der Waals surface area contributed by atoms with Gasteiger partial charge >= 0.3 is 12.1 Å². The topological polar surface area (TPSA) is 95.5 Å². The van der Waals surface area contributed by atoms with Crippen molar-refractivity contribution in [2.45, 2.75) is 45.0 Å². The zero-order valence-corrected chi connectivity index (χ0v) is 13.0. The summed E-state index contributed by atoms with van der Waals surface area (Å²) in [5.74, 6) is -0.938. The molecular formula is C14H17F3N2O4. The second kappa shape index (κ2) is 5.80. The van der Waals surface area contributed by atoms with E-state index in [4.69, 9.17) is 10.5 Å². The molecule has 9 heteroatoms. The third kappa shape index (κ3) is 4.41. The molecular weight excluding hydrogens is 317 g/mol. The van der Waals surface area contributed by atoms with Crippen LogP contribution in [0.15, 0.2) is 18.2 Å². The molecule has 0 spiro atoms. The monoisotopic (exact) mass is 334 g/mol. The summed E-state index contributed by atoms with van der Waals surface area (Å²) >= 11 is 0. The number of ether oxygens (including phenoxy) is 1. The molecule has 0 bridgehead atoms. The fourth-order valence-electron chi connectivity index (χ4n) is 1.75. The van der Waals surface area contributed by atoms with Gasteiger partial charge in [-0.25, -0.2) is 4.79 Å². The van der Waals surface area contributed by atoms with Crippen LogP contribution < -0.4 is 5.73 Å². The van der Waals surface area contributed by atoms with Gasteiger partial charge in [-0.2, -0.15) is 13.2 Å². The minimum atomic E-state index is -4.96. The maximum absolute atomic E-state index is 13.0. The Labute approximate surface area is 130 Å². The molecule has 0 saturated carbocycles. The first kappa shape index (κ1) is 18.9. The van der Waals surface area contributed by atoms with Crippen LogP contribution in [-0.2, 0) is 21.2 Å². The van der Waals surface area contributed by atoms with Crippen molar-refractivity contribution in [1.29, 1.82) is 0 Å². The first-order valence-corrected chi connectivity index (χ1v) is 6.54. The van der Waals surface area contributed by atoms with Crippen molar-refractivity contribution in [3.05, 3.63) is 39.4 Å². The number of nitro benzene ring substituents is 1. The van der Waals surface area contributed by atoms with E-state index in [2.05, 4.69) is 0 Å². The third-order valence-electron chi connectivity index (χ3n) is 2.92. The average molecular weight is 334 g/mol. The quantitative estimate of drug-likeness (QED) is 0.520. The molecule has 1 aromatic carbocycles. The van der Waals surface area contributed by atoms with E-state index >= 15 is 0 Å². The number of hydrogen-bond acceptors (Lipinski definition) is 5. The summed E-state index contributed by atoms with van der Waals surface area (Å²) in [6, 6.07) is 2.19. The smallest absolute Gasteiger partial charge is 0.423 e. The molecule has 0 aliphatic carbocycles. The number of alkyl halides is 3. The van der Waals surface area contributed by atoms with Gasteiger partial charge in [-0.05, 0) is 45.4 Å². The number of nitrogens with zero attached hydrogens (tertiary/aromatic N) is 1. The van der Waals surface area contributed by atoms with Gasteiger partial charge < -0.3 is 10.5 Å². The Balaban J connectivity index is 3.38. The number of nitrogens with two attached hydrogens (primary N) is 1. The Bertz CT molecular complexity index is 634. The van der Waals surface area contributed by atoms with Gasteiger partial charge in [0.1, 0.15) is 16.7 Å². The van der Waals surface area contributed by atoms with Crippen LogP contribution in [0.3, 0.4) is 0 Å². The Kier molecular flexibility index (Phi) is 4.76. The molecule has 0 radical (unpaired) electrons. The van der Waals surface area contributed by atoms with E-state index in [1.54, 1.807) is 20.8 Å². The summed E-state index contributed by atoms with van der Waals surface area (Å²) in [5, 5.41) is 10.7. The number of halogens is 3. The van der Waals surface area contributed by atoms with Crippen LogP contribution in [0.1, 0.15) is 38.8 Å². The van der Waals surface area contributed by atoms with E-state index in [1.165, 1.54) is 6.92 Å². The third-order valence-corrected chi connectivity index (χ3v) is 2.92. The van der Waals surface area contributed by atoms with Crippen molar-refractivity contribution in [2.24, 2.45) is 5.73 Å². The number of rotatable bonds is 3. The number of carbonyl (C=O) groups is 1. The highest BCUT2D eigenvalue weighted by atomic mass is 19.4. The number of carbonyl (C=O) groups excluding carboxylic acids is 1. The second-order valence-corrected chi connectivity index (χ2v) is 6.19. The van der Waals surface area contributed by atoms with Crippen molar-refractivity contribution >= 4 is 11.7 Å². The Morgan fingerprint density at radius 3 is 2.13 bits per heavy atom. The first-order chi connectivity index (χ1) is 10.2. The lowest BCUT2D eigenvalue weighted by Crippen LogP contribution is -2.46. The van der Waals surface area contributed by atoms with Crippen LogP contribution in [0.2, 0.25) is 0 Å². The maximum Gasteiger partial charge on any atom is 0.423 e. The molecule has 0 saturated heterocycles. The summed E-state index contributed by atoms with van der Waals surface area (Å²) in [6.45, 7) is 5.93. The second-order valence-electron chi connectivity index (χ2n) is 6.19. The average Bonchev–Trinajstić information content (AvgIpc) is 2.34. The standard InChI is InChI=1S/C14H17F3N2O4/c1-12(2,3)23-11(20)13(4,18)8-5-6-10(19(21)22)9(7-8)14(15,16)17/h5-7H,18H2,1-4H3/t13-/m1/s1. The number of esters is 1. The lowest BCUT2D eigenvalue weighted by atomic mass is 9.91. The van der Waals surface area contributed by atoms with Gasteiger partial charge in [0, 0.05) is 6.07 Å². The normalized spacial score (nSPS) is 15.0. The summed E-state index contributed by atoms with van der Waals surface area (Å²) in [7, 11) is 0. The van der Waals surface area contributed by atoms with E-state index < -0.39 is 39.5 Å². The van der Waals surface area contributed by atoms with Crippen LogP contribution in [0.4, 0.5) is 18.9 Å². The van der Waals surface area contributed by atoms with Crippen molar-refractivity contribution in [2.75, 3.05) is 0 Å². The Hall–Kier alpha value is -2.16. The summed E-state index contributed by atoms with van der Waals surface area (Å²) in [5.41, 5.74) is 0.232. The summed E-state index contributed by atoms with van der Waals surface area (Å²) in [4.78, 5) is 21.7. The predicted molar refractivity (Wildman–Crippen MR) is 75.5 cm³/mol. The van der Waals surface area contributed by atoms with Crippen LogP contribution in [-0.4, -0.2) is 16.5 Å². The maximum atomic E-state index is 13.0. The molecule has 0 fully saturated rings. The highest BCUT2D eigenvalue weighted by Crippen LogP contribution is 2.38. The molecule has 2 N–H and O–H groups in total. The first-order valence-electron chi connectivity index (χ1n) is 6.54. The number of benzene rings is 1. The van der Waals surface area contributed by atoms with E-state index in [-0.39, 0.29) is 5.56 Å². The van der Waals surface area contributed by atoms with Crippen LogP contribution in [0, 0.1) is 10.1 Å². The predicted octanol–water partition coefficient (Wildman–Crippen LogP) is 3.13. The molecule has 128 valence electrons. The van der Waals surface area contributed by atoms with Crippen LogP contribution >= 0.6 is 0 Å². The molecule has 0 amide bonds. The minimum Gasteiger partial charge on any atom is -0.458 e. The zero-order valence-electron chi connectivity index (χ0n) is 13.0. The fraction of sp³-hybridized carbons (Fsp3) is 0.500. The molecule has 0 aliphatic rings. The van der Waals surface area contributed by atoms with E-state index in [0.717, 1.165) is 6.07 Å². The molecule has 23 heavy (non-hydrogen) atoms.